The SMILES string of the molecule is CO[C@H]1O[C@H](COC(c2ccccc2)(c2ccccc2)c2ccccc2)[C@@H](OCc2ccccc2)[C@H](OCc2ccccc2)[C@H]1OCc1ccccc1. The molecule has 6 nitrogen and oxygen atoms in total. The lowest BCUT2D eigenvalue weighted by Gasteiger charge is -2.46. The molecule has 1 aliphatic heterocycles. The van der Waals surface area contributed by atoms with E-state index in [0.29, 0.717) is 19.8 Å². The van der Waals surface area contributed by atoms with Crippen LogP contribution in [0.2, 0.25) is 0 Å². The molecule has 0 aliphatic carbocycles. The van der Waals surface area contributed by atoms with E-state index in [1.807, 2.05) is 121 Å². The zero-order valence-electron chi connectivity index (χ0n) is 30.0. The first kappa shape index (κ1) is 36.4. The first-order valence-electron chi connectivity index (χ1n) is 18.2. The van der Waals surface area contributed by atoms with Crippen LogP contribution in [0.15, 0.2) is 182 Å². The molecule has 6 aromatic rings. The molecule has 5 atom stereocenters. The van der Waals surface area contributed by atoms with Crippen molar-refractivity contribution in [1.29, 1.82) is 0 Å². The molecular formula is C47H46O6. The standard InChI is InChI=1S/C47H46O6/c1-48-46-45(51-34-38-24-12-4-13-25-38)44(50-33-37-22-10-3-11-23-37)43(49-32-36-20-8-2-9-21-36)42(53-46)35-52-47(39-26-14-5-15-27-39,40-28-16-6-17-29-40)41-30-18-7-19-31-41/h2-31,42-46H,32-35H2,1H3/t42-,43-,44+,45-,46+/m1/s1. The van der Waals surface area contributed by atoms with E-state index in [1.165, 1.54) is 0 Å². The second-order valence-corrected chi connectivity index (χ2v) is 13.2. The fourth-order valence-electron chi connectivity index (χ4n) is 7.05. The largest absolute Gasteiger partial charge is 0.368 e. The summed E-state index contributed by atoms with van der Waals surface area (Å²) in [6.07, 6.45) is -3.13. The van der Waals surface area contributed by atoms with Crippen molar-refractivity contribution in [2.75, 3.05) is 13.7 Å². The Balaban J connectivity index is 1.27. The van der Waals surface area contributed by atoms with E-state index in [2.05, 4.69) is 60.7 Å². The molecule has 0 saturated carbocycles. The van der Waals surface area contributed by atoms with Gasteiger partial charge in [-0.25, -0.2) is 0 Å². The number of benzene rings is 6. The van der Waals surface area contributed by atoms with Crippen molar-refractivity contribution >= 4 is 0 Å². The maximum Gasteiger partial charge on any atom is 0.186 e. The van der Waals surface area contributed by atoms with Crippen LogP contribution < -0.4 is 0 Å². The molecule has 6 aromatic carbocycles. The van der Waals surface area contributed by atoms with E-state index in [0.717, 1.165) is 33.4 Å². The number of hydrogen-bond donors (Lipinski definition) is 0. The van der Waals surface area contributed by atoms with Gasteiger partial charge in [0.1, 0.15) is 30.0 Å². The molecule has 0 bridgehead atoms. The summed E-state index contributed by atoms with van der Waals surface area (Å²) >= 11 is 0. The van der Waals surface area contributed by atoms with E-state index in [9.17, 15) is 0 Å². The van der Waals surface area contributed by atoms with Crippen LogP contribution in [0, 0.1) is 0 Å². The fourth-order valence-corrected chi connectivity index (χ4v) is 7.05. The summed E-state index contributed by atoms with van der Waals surface area (Å²) in [4.78, 5) is 0. The molecule has 0 unspecified atom stereocenters. The molecule has 0 N–H and O–H groups in total. The molecule has 53 heavy (non-hydrogen) atoms. The predicted molar refractivity (Wildman–Crippen MR) is 206 cm³/mol. The van der Waals surface area contributed by atoms with Crippen molar-refractivity contribution in [1.82, 2.24) is 0 Å². The van der Waals surface area contributed by atoms with E-state index in [4.69, 9.17) is 28.4 Å². The number of methoxy groups -OCH3 is 1. The Morgan fingerprint density at radius 1 is 0.434 bits per heavy atom. The third-order valence-electron chi connectivity index (χ3n) is 9.68. The van der Waals surface area contributed by atoms with E-state index in [1.54, 1.807) is 7.11 Å². The summed E-state index contributed by atoms with van der Waals surface area (Å²) in [5.41, 5.74) is 5.16. The van der Waals surface area contributed by atoms with Crippen LogP contribution in [0.25, 0.3) is 0 Å². The Bertz CT molecular complexity index is 1810. The van der Waals surface area contributed by atoms with Crippen LogP contribution in [-0.4, -0.2) is 44.4 Å². The highest BCUT2D eigenvalue weighted by Crippen LogP contribution is 2.42. The van der Waals surface area contributed by atoms with Gasteiger partial charge in [-0.1, -0.05) is 182 Å². The van der Waals surface area contributed by atoms with Crippen molar-refractivity contribution in [3.8, 4) is 0 Å². The molecule has 0 amide bonds. The molecular weight excluding hydrogens is 661 g/mol. The van der Waals surface area contributed by atoms with Gasteiger partial charge in [0.15, 0.2) is 6.29 Å². The number of rotatable bonds is 16. The molecule has 1 saturated heterocycles. The second-order valence-electron chi connectivity index (χ2n) is 13.2. The van der Waals surface area contributed by atoms with E-state index < -0.39 is 36.3 Å². The highest BCUT2D eigenvalue weighted by atomic mass is 16.7. The normalized spacial score (nSPS) is 20.2. The van der Waals surface area contributed by atoms with E-state index >= 15 is 0 Å². The van der Waals surface area contributed by atoms with Crippen LogP contribution in [0.4, 0.5) is 0 Å². The lowest BCUT2D eigenvalue weighted by atomic mass is 9.80. The van der Waals surface area contributed by atoms with Crippen LogP contribution in [0.5, 0.6) is 0 Å². The van der Waals surface area contributed by atoms with Gasteiger partial charge < -0.3 is 28.4 Å². The average molecular weight is 707 g/mol. The Morgan fingerprint density at radius 3 is 1.15 bits per heavy atom. The second kappa shape index (κ2) is 18.2. The first-order chi connectivity index (χ1) is 26.2. The monoisotopic (exact) mass is 706 g/mol. The molecule has 0 spiro atoms. The third-order valence-corrected chi connectivity index (χ3v) is 9.68. The van der Waals surface area contributed by atoms with Crippen LogP contribution in [0.3, 0.4) is 0 Å². The van der Waals surface area contributed by atoms with Crippen molar-refractivity contribution in [2.24, 2.45) is 0 Å². The fraction of sp³-hybridized carbons (Fsp3) is 0.234. The van der Waals surface area contributed by atoms with Crippen LogP contribution in [0.1, 0.15) is 33.4 Å². The lowest BCUT2D eigenvalue weighted by molar-refractivity contribution is -0.325. The summed E-state index contributed by atoms with van der Waals surface area (Å²) in [6.45, 7) is 1.22. The van der Waals surface area contributed by atoms with Gasteiger partial charge in [0, 0.05) is 7.11 Å². The maximum atomic E-state index is 7.32. The third kappa shape index (κ3) is 8.83. The zero-order chi connectivity index (χ0) is 36.1. The number of ether oxygens (including phenoxy) is 6. The van der Waals surface area contributed by atoms with Gasteiger partial charge >= 0.3 is 0 Å². The van der Waals surface area contributed by atoms with Gasteiger partial charge in [-0.3, -0.25) is 0 Å². The molecule has 1 fully saturated rings. The summed E-state index contributed by atoms with van der Waals surface area (Å²) in [5, 5.41) is 0. The van der Waals surface area contributed by atoms with Gasteiger partial charge in [0.2, 0.25) is 0 Å². The number of hydrogen-bond acceptors (Lipinski definition) is 6. The van der Waals surface area contributed by atoms with Crippen molar-refractivity contribution in [2.45, 2.75) is 56.1 Å². The van der Waals surface area contributed by atoms with Crippen molar-refractivity contribution < 1.29 is 28.4 Å². The Morgan fingerprint density at radius 2 is 0.774 bits per heavy atom. The molecule has 270 valence electrons. The first-order valence-corrected chi connectivity index (χ1v) is 18.2. The Kier molecular flexibility index (Phi) is 12.5. The summed E-state index contributed by atoms with van der Waals surface area (Å²) in [5.74, 6) is 0. The average Bonchev–Trinajstić information content (AvgIpc) is 3.24. The molecule has 7 rings (SSSR count). The Hall–Kier alpha value is -4.92. The van der Waals surface area contributed by atoms with Gasteiger partial charge in [-0.15, -0.1) is 0 Å². The summed E-state index contributed by atoms with van der Waals surface area (Å²) < 4.78 is 40.6. The smallest absolute Gasteiger partial charge is 0.186 e. The summed E-state index contributed by atoms with van der Waals surface area (Å²) in [7, 11) is 1.64. The van der Waals surface area contributed by atoms with Crippen molar-refractivity contribution in [3.05, 3.63) is 215 Å². The molecule has 0 aromatic heterocycles. The predicted octanol–water partition coefficient (Wildman–Crippen LogP) is 9.12. The highest BCUT2D eigenvalue weighted by Gasteiger charge is 2.50. The molecule has 1 heterocycles. The quantitative estimate of drug-likeness (QED) is 0.0937. The maximum absolute atomic E-state index is 7.32. The Labute approximate surface area is 312 Å². The minimum atomic E-state index is -0.958. The minimum absolute atomic E-state index is 0.161. The van der Waals surface area contributed by atoms with Crippen LogP contribution in [-0.2, 0) is 53.8 Å². The van der Waals surface area contributed by atoms with Gasteiger partial charge in [-0.05, 0) is 33.4 Å². The van der Waals surface area contributed by atoms with Crippen molar-refractivity contribution in [3.63, 3.8) is 0 Å². The molecule has 6 heteroatoms. The lowest BCUT2D eigenvalue weighted by Crippen LogP contribution is -2.62. The molecule has 0 radical (unpaired) electrons. The van der Waals surface area contributed by atoms with Crippen LogP contribution >= 0.6 is 0 Å². The highest BCUT2D eigenvalue weighted by molar-refractivity contribution is 5.47. The summed E-state index contributed by atoms with van der Waals surface area (Å²) in [6, 6.07) is 61.4. The van der Waals surface area contributed by atoms with Gasteiger partial charge in [0.05, 0.1) is 26.4 Å². The molecule has 1 aliphatic rings. The topological polar surface area (TPSA) is 55.4 Å². The minimum Gasteiger partial charge on any atom is -0.368 e. The van der Waals surface area contributed by atoms with Gasteiger partial charge in [0.25, 0.3) is 0 Å². The zero-order valence-corrected chi connectivity index (χ0v) is 30.0. The van der Waals surface area contributed by atoms with E-state index in [-0.39, 0.29) is 6.61 Å². The van der Waals surface area contributed by atoms with Gasteiger partial charge in [-0.2, -0.15) is 0 Å².